The first-order valence-electron chi connectivity index (χ1n) is 10.8. The molecule has 0 saturated carbocycles. The molecule has 2 aliphatic heterocycles. The number of hydrogen-bond donors (Lipinski definition) is 0. The molecule has 0 bridgehead atoms. The molecule has 8 nitrogen and oxygen atoms in total. The van der Waals surface area contributed by atoms with Crippen molar-refractivity contribution in [3.05, 3.63) is 63.1 Å². The van der Waals surface area contributed by atoms with E-state index < -0.39 is 0 Å². The summed E-state index contributed by atoms with van der Waals surface area (Å²) in [7, 11) is 0. The highest BCUT2D eigenvalue weighted by molar-refractivity contribution is 7.14. The summed E-state index contributed by atoms with van der Waals surface area (Å²) in [6.07, 6.45) is 4.78. The second kappa shape index (κ2) is 8.84. The minimum Gasteiger partial charge on any atom is -0.457 e. The van der Waals surface area contributed by atoms with Crippen LogP contribution in [0.5, 0.6) is 0 Å². The zero-order valence-electron chi connectivity index (χ0n) is 18.0. The van der Waals surface area contributed by atoms with Gasteiger partial charge in [0.25, 0.3) is 0 Å². The van der Waals surface area contributed by atoms with Gasteiger partial charge in [0.05, 0.1) is 24.5 Å². The highest BCUT2D eigenvalue weighted by Crippen LogP contribution is 2.34. The molecule has 0 N–H and O–H groups in total. The Balaban J connectivity index is 1.10. The Hall–Kier alpha value is -3.04. The fraction of sp³-hybridized carbons (Fsp3) is 0.391. The lowest BCUT2D eigenvalue weighted by atomic mass is 10.1. The van der Waals surface area contributed by atoms with Crippen LogP contribution in [-0.4, -0.2) is 69.4 Å². The number of rotatable bonds is 6. The fourth-order valence-corrected chi connectivity index (χ4v) is 5.45. The number of cyclic esters (lactones) is 1. The minimum absolute atomic E-state index is 0.169. The fourth-order valence-electron chi connectivity index (χ4n) is 4.26. The van der Waals surface area contributed by atoms with E-state index in [-0.39, 0.29) is 11.9 Å². The van der Waals surface area contributed by atoms with Gasteiger partial charge in [-0.05, 0) is 36.6 Å². The van der Waals surface area contributed by atoms with E-state index >= 15 is 0 Å². The molecule has 0 spiro atoms. The molecule has 1 fully saturated rings. The molecule has 1 aromatic carbocycles. The van der Waals surface area contributed by atoms with Gasteiger partial charge in [0.15, 0.2) is 0 Å². The number of ether oxygens (including phenoxy) is 1. The molecule has 0 radical (unpaired) electrons. The van der Waals surface area contributed by atoms with Crippen LogP contribution in [0.4, 0.5) is 0 Å². The molecule has 2 aromatic heterocycles. The number of carbonyl (C=O) groups is 2. The molecule has 4 heterocycles. The van der Waals surface area contributed by atoms with E-state index in [9.17, 15) is 9.59 Å². The van der Waals surface area contributed by atoms with E-state index in [0.717, 1.165) is 60.8 Å². The highest BCUT2D eigenvalue weighted by Gasteiger charge is 2.28. The number of fused-ring (bicyclic) bond motifs is 1. The third kappa shape index (κ3) is 4.18. The van der Waals surface area contributed by atoms with Crippen molar-refractivity contribution in [2.75, 3.05) is 32.7 Å². The topological polar surface area (TPSA) is 80.6 Å². The van der Waals surface area contributed by atoms with Crippen LogP contribution in [0.1, 0.15) is 31.2 Å². The van der Waals surface area contributed by atoms with Crippen LogP contribution in [0.15, 0.2) is 36.7 Å². The smallest absolute Gasteiger partial charge is 0.349 e. The molecule has 166 valence electrons. The maximum absolute atomic E-state index is 12.8. The Labute approximate surface area is 190 Å². The predicted octanol–water partition coefficient (Wildman–Crippen LogP) is 2.24. The SMILES string of the molecule is Cc1c(CCN2CCN(C(=O)Cc3ccc(-n4ccnn4)cc3)CC2)sc2c1COC2=O. The molecule has 2 aliphatic rings. The van der Waals surface area contributed by atoms with Crippen LogP contribution in [-0.2, 0) is 29.0 Å². The second-order valence-electron chi connectivity index (χ2n) is 8.20. The van der Waals surface area contributed by atoms with E-state index in [1.54, 1.807) is 28.4 Å². The van der Waals surface area contributed by atoms with E-state index in [1.165, 1.54) is 10.4 Å². The lowest BCUT2D eigenvalue weighted by Gasteiger charge is -2.34. The molecule has 0 atom stereocenters. The van der Waals surface area contributed by atoms with E-state index in [0.29, 0.717) is 13.0 Å². The summed E-state index contributed by atoms with van der Waals surface area (Å²) in [6, 6.07) is 7.86. The van der Waals surface area contributed by atoms with Crippen LogP contribution < -0.4 is 0 Å². The summed E-state index contributed by atoms with van der Waals surface area (Å²) in [5.74, 6) is -0.0123. The van der Waals surface area contributed by atoms with Crippen molar-refractivity contribution in [3.8, 4) is 5.69 Å². The van der Waals surface area contributed by atoms with Gasteiger partial charge in [-0.2, -0.15) is 0 Å². The summed E-state index contributed by atoms with van der Waals surface area (Å²) >= 11 is 1.58. The van der Waals surface area contributed by atoms with Crippen LogP contribution in [0.2, 0.25) is 0 Å². The monoisotopic (exact) mass is 451 g/mol. The normalized spacial score (nSPS) is 16.3. The Bertz CT molecular complexity index is 1120. The molecular weight excluding hydrogens is 426 g/mol. The number of amides is 1. The van der Waals surface area contributed by atoms with Crippen LogP contribution in [0, 0.1) is 6.92 Å². The minimum atomic E-state index is -0.181. The third-order valence-electron chi connectivity index (χ3n) is 6.26. The Kier molecular flexibility index (Phi) is 5.75. The van der Waals surface area contributed by atoms with Gasteiger partial charge in [0.1, 0.15) is 11.5 Å². The largest absolute Gasteiger partial charge is 0.457 e. The van der Waals surface area contributed by atoms with Gasteiger partial charge in [-0.1, -0.05) is 17.3 Å². The van der Waals surface area contributed by atoms with Gasteiger partial charge in [-0.15, -0.1) is 16.4 Å². The first kappa shape index (κ1) is 20.8. The Morgan fingerprint density at radius 2 is 1.94 bits per heavy atom. The maximum atomic E-state index is 12.8. The van der Waals surface area contributed by atoms with Gasteiger partial charge in [-0.25, -0.2) is 9.48 Å². The van der Waals surface area contributed by atoms with Gasteiger partial charge >= 0.3 is 5.97 Å². The Morgan fingerprint density at radius 1 is 1.16 bits per heavy atom. The number of hydrogen-bond acceptors (Lipinski definition) is 7. The number of piperazine rings is 1. The summed E-state index contributed by atoms with van der Waals surface area (Å²) in [5, 5.41) is 7.80. The third-order valence-corrected chi connectivity index (χ3v) is 7.64. The number of thiophene rings is 1. The van der Waals surface area contributed by atoms with E-state index in [4.69, 9.17) is 4.74 Å². The van der Waals surface area contributed by atoms with Crippen molar-refractivity contribution in [2.45, 2.75) is 26.4 Å². The number of esters is 1. The van der Waals surface area contributed by atoms with Crippen LogP contribution in [0.25, 0.3) is 5.69 Å². The molecule has 1 saturated heterocycles. The summed E-state index contributed by atoms with van der Waals surface area (Å²) in [4.78, 5) is 31.0. The molecule has 1 amide bonds. The second-order valence-corrected chi connectivity index (χ2v) is 9.30. The lowest BCUT2D eigenvalue weighted by molar-refractivity contribution is -0.132. The molecular formula is C23H25N5O3S. The van der Waals surface area contributed by atoms with Crippen LogP contribution in [0.3, 0.4) is 0 Å². The number of aromatic nitrogens is 3. The maximum Gasteiger partial charge on any atom is 0.349 e. The summed E-state index contributed by atoms with van der Waals surface area (Å²) < 4.78 is 6.81. The zero-order valence-corrected chi connectivity index (χ0v) is 18.8. The van der Waals surface area contributed by atoms with Gasteiger partial charge in [0, 0.05) is 43.2 Å². The standard InChI is InChI=1S/C23H25N5O3S/c1-16-19-15-31-23(30)22(19)32-20(16)6-8-26-10-12-27(13-11-26)21(29)14-17-2-4-18(5-3-17)28-9-7-24-25-28/h2-5,7,9H,6,8,10-15H2,1H3. The Morgan fingerprint density at radius 3 is 2.62 bits per heavy atom. The average molecular weight is 452 g/mol. The number of nitrogens with zero attached hydrogens (tertiary/aromatic N) is 5. The highest BCUT2D eigenvalue weighted by atomic mass is 32.1. The van der Waals surface area contributed by atoms with Gasteiger partial charge in [-0.3, -0.25) is 9.69 Å². The quantitative estimate of drug-likeness (QED) is 0.535. The van der Waals surface area contributed by atoms with Crippen molar-refractivity contribution in [3.63, 3.8) is 0 Å². The van der Waals surface area contributed by atoms with Crippen molar-refractivity contribution in [1.82, 2.24) is 24.8 Å². The van der Waals surface area contributed by atoms with E-state index in [1.807, 2.05) is 29.2 Å². The van der Waals surface area contributed by atoms with E-state index in [2.05, 4.69) is 22.1 Å². The van der Waals surface area contributed by atoms with Gasteiger partial charge in [0.2, 0.25) is 5.91 Å². The van der Waals surface area contributed by atoms with Crippen molar-refractivity contribution < 1.29 is 14.3 Å². The van der Waals surface area contributed by atoms with Gasteiger partial charge < -0.3 is 9.64 Å². The molecule has 0 unspecified atom stereocenters. The first-order chi connectivity index (χ1) is 15.6. The average Bonchev–Trinajstić information content (AvgIpc) is 3.54. The lowest BCUT2D eigenvalue weighted by Crippen LogP contribution is -2.49. The van der Waals surface area contributed by atoms with Crippen molar-refractivity contribution in [2.24, 2.45) is 0 Å². The molecule has 9 heteroatoms. The number of benzene rings is 1. The van der Waals surface area contributed by atoms with Crippen LogP contribution >= 0.6 is 11.3 Å². The predicted molar refractivity (Wildman–Crippen MR) is 120 cm³/mol. The van der Waals surface area contributed by atoms with Crippen molar-refractivity contribution in [1.29, 1.82) is 0 Å². The summed E-state index contributed by atoms with van der Waals surface area (Å²) in [6.45, 7) is 6.71. The molecule has 0 aliphatic carbocycles. The zero-order chi connectivity index (χ0) is 22.1. The van der Waals surface area contributed by atoms with Crippen molar-refractivity contribution >= 4 is 23.2 Å². The number of carbonyl (C=O) groups excluding carboxylic acids is 2. The molecule has 32 heavy (non-hydrogen) atoms. The molecule has 3 aromatic rings. The summed E-state index contributed by atoms with van der Waals surface area (Å²) in [5.41, 5.74) is 4.20. The molecule has 5 rings (SSSR count). The first-order valence-corrected chi connectivity index (χ1v) is 11.6.